The second-order valence-corrected chi connectivity index (χ2v) is 6.14. The Balaban J connectivity index is 1.79. The first-order chi connectivity index (χ1) is 9.56. The highest BCUT2D eigenvalue weighted by atomic mass is 16.5. The average Bonchev–Trinajstić information content (AvgIpc) is 3.18. The lowest BCUT2D eigenvalue weighted by atomic mass is 9.83. The van der Waals surface area contributed by atoms with Gasteiger partial charge in [0.15, 0.2) is 5.78 Å². The summed E-state index contributed by atoms with van der Waals surface area (Å²) in [5.74, 6) is 1.19. The highest BCUT2D eigenvalue weighted by molar-refractivity contribution is 5.98. The van der Waals surface area contributed by atoms with E-state index in [1.54, 1.807) is 0 Å². The molecule has 1 heterocycles. The van der Waals surface area contributed by atoms with E-state index >= 15 is 0 Å². The monoisotopic (exact) mass is 274 g/mol. The topological polar surface area (TPSA) is 35.5 Å². The van der Waals surface area contributed by atoms with Crippen LogP contribution in [0, 0.1) is 11.8 Å². The Morgan fingerprint density at radius 1 is 1.20 bits per heavy atom. The molecule has 0 aromatic heterocycles. The van der Waals surface area contributed by atoms with Crippen LogP contribution < -0.4 is 4.74 Å². The SMILES string of the molecule is CC1OC(C)C(C(=O)c2cccc(OC3CC3)c2)C1C. The lowest BCUT2D eigenvalue weighted by Gasteiger charge is -2.17. The summed E-state index contributed by atoms with van der Waals surface area (Å²) >= 11 is 0. The molecule has 108 valence electrons. The van der Waals surface area contributed by atoms with Crippen molar-refractivity contribution >= 4 is 5.78 Å². The van der Waals surface area contributed by atoms with Gasteiger partial charge >= 0.3 is 0 Å². The fraction of sp³-hybridized carbons (Fsp3) is 0.588. The van der Waals surface area contributed by atoms with Crippen LogP contribution in [-0.2, 0) is 4.74 Å². The van der Waals surface area contributed by atoms with Crippen LogP contribution in [0.4, 0.5) is 0 Å². The quantitative estimate of drug-likeness (QED) is 0.789. The van der Waals surface area contributed by atoms with Crippen LogP contribution in [0.3, 0.4) is 0 Å². The van der Waals surface area contributed by atoms with Crippen molar-refractivity contribution in [3.05, 3.63) is 29.8 Å². The number of rotatable bonds is 4. The fourth-order valence-corrected chi connectivity index (χ4v) is 3.01. The summed E-state index contributed by atoms with van der Waals surface area (Å²) in [5, 5.41) is 0. The molecule has 1 saturated carbocycles. The summed E-state index contributed by atoms with van der Waals surface area (Å²) in [7, 11) is 0. The van der Waals surface area contributed by atoms with E-state index in [0.29, 0.717) is 6.10 Å². The number of carbonyl (C=O) groups is 1. The predicted octanol–water partition coefficient (Wildman–Crippen LogP) is 3.47. The van der Waals surface area contributed by atoms with Gasteiger partial charge in [-0.15, -0.1) is 0 Å². The number of carbonyl (C=O) groups excluding carboxylic acids is 1. The second-order valence-electron chi connectivity index (χ2n) is 6.14. The molecular weight excluding hydrogens is 252 g/mol. The minimum absolute atomic E-state index is 0.0134. The minimum atomic E-state index is -0.0545. The van der Waals surface area contributed by atoms with Crippen LogP contribution in [0.2, 0.25) is 0 Å². The number of hydrogen-bond acceptors (Lipinski definition) is 3. The number of ether oxygens (including phenoxy) is 2. The zero-order chi connectivity index (χ0) is 14.3. The van der Waals surface area contributed by atoms with Crippen molar-refractivity contribution in [1.29, 1.82) is 0 Å². The molecule has 3 rings (SSSR count). The zero-order valence-corrected chi connectivity index (χ0v) is 12.3. The Bertz CT molecular complexity index is 507. The molecule has 2 fully saturated rings. The number of benzene rings is 1. The van der Waals surface area contributed by atoms with Gasteiger partial charge in [-0.2, -0.15) is 0 Å². The van der Waals surface area contributed by atoms with Gasteiger partial charge < -0.3 is 9.47 Å². The van der Waals surface area contributed by atoms with E-state index in [-0.39, 0.29) is 29.8 Å². The molecule has 0 N–H and O–H groups in total. The summed E-state index contributed by atoms with van der Waals surface area (Å²) in [4.78, 5) is 12.7. The highest BCUT2D eigenvalue weighted by Crippen LogP contribution is 2.35. The maximum Gasteiger partial charge on any atom is 0.169 e. The summed E-state index contributed by atoms with van der Waals surface area (Å²) in [6, 6.07) is 7.59. The lowest BCUT2D eigenvalue weighted by Crippen LogP contribution is -2.26. The van der Waals surface area contributed by atoms with E-state index in [1.165, 1.54) is 0 Å². The number of hydrogen-bond donors (Lipinski definition) is 0. The molecule has 1 aromatic rings. The van der Waals surface area contributed by atoms with Crippen molar-refractivity contribution in [3.8, 4) is 5.75 Å². The summed E-state index contributed by atoms with van der Waals surface area (Å²) in [6.07, 6.45) is 2.74. The lowest BCUT2D eigenvalue weighted by molar-refractivity contribution is 0.0491. The molecule has 1 aromatic carbocycles. The van der Waals surface area contributed by atoms with Gasteiger partial charge in [0.25, 0.3) is 0 Å². The molecule has 3 nitrogen and oxygen atoms in total. The summed E-state index contributed by atoms with van der Waals surface area (Å²) in [5.41, 5.74) is 0.740. The molecule has 1 aliphatic heterocycles. The first-order valence-electron chi connectivity index (χ1n) is 7.52. The maximum atomic E-state index is 12.7. The van der Waals surface area contributed by atoms with Crippen LogP contribution in [0.25, 0.3) is 0 Å². The van der Waals surface area contributed by atoms with Crippen LogP contribution in [-0.4, -0.2) is 24.1 Å². The van der Waals surface area contributed by atoms with E-state index in [2.05, 4.69) is 6.92 Å². The first kappa shape index (κ1) is 13.6. The molecule has 0 amide bonds. The van der Waals surface area contributed by atoms with Crippen molar-refractivity contribution in [3.63, 3.8) is 0 Å². The third-order valence-corrected chi connectivity index (χ3v) is 4.49. The number of ketones is 1. The Kier molecular flexibility index (Phi) is 3.55. The second kappa shape index (κ2) is 5.21. The smallest absolute Gasteiger partial charge is 0.169 e. The van der Waals surface area contributed by atoms with Crippen LogP contribution in [0.15, 0.2) is 24.3 Å². The van der Waals surface area contributed by atoms with Crippen LogP contribution in [0.1, 0.15) is 44.0 Å². The van der Waals surface area contributed by atoms with Gasteiger partial charge in [-0.1, -0.05) is 19.1 Å². The van der Waals surface area contributed by atoms with Crippen molar-refractivity contribution in [1.82, 2.24) is 0 Å². The number of Topliss-reactive ketones (excluding diaryl/α,β-unsaturated/α-hetero) is 1. The Hall–Kier alpha value is -1.35. The van der Waals surface area contributed by atoms with E-state index < -0.39 is 0 Å². The molecule has 3 heteroatoms. The molecular formula is C17H22O3. The van der Waals surface area contributed by atoms with E-state index in [9.17, 15) is 4.79 Å². The van der Waals surface area contributed by atoms with Crippen molar-refractivity contribution in [2.75, 3.05) is 0 Å². The molecule has 0 spiro atoms. The van der Waals surface area contributed by atoms with Crippen molar-refractivity contribution in [2.45, 2.75) is 51.9 Å². The standard InChI is InChI=1S/C17H22O3/c1-10-11(2)19-12(3)16(10)17(18)13-5-4-6-15(9-13)20-14-7-8-14/h4-6,9-12,14,16H,7-8H2,1-3H3. The minimum Gasteiger partial charge on any atom is -0.490 e. The van der Waals surface area contributed by atoms with Gasteiger partial charge in [0.05, 0.1) is 24.2 Å². The molecule has 20 heavy (non-hydrogen) atoms. The molecule has 0 bridgehead atoms. The summed E-state index contributed by atoms with van der Waals surface area (Å²) in [6.45, 7) is 6.13. The zero-order valence-electron chi connectivity index (χ0n) is 12.3. The predicted molar refractivity (Wildman–Crippen MR) is 77.1 cm³/mol. The Morgan fingerprint density at radius 3 is 2.55 bits per heavy atom. The molecule has 4 atom stereocenters. The average molecular weight is 274 g/mol. The molecule has 0 radical (unpaired) electrons. The fourth-order valence-electron chi connectivity index (χ4n) is 3.01. The third kappa shape index (κ3) is 2.59. The van der Waals surface area contributed by atoms with Gasteiger partial charge in [-0.25, -0.2) is 0 Å². The van der Waals surface area contributed by atoms with E-state index in [1.807, 2.05) is 38.1 Å². The Morgan fingerprint density at radius 2 is 1.95 bits per heavy atom. The van der Waals surface area contributed by atoms with Crippen LogP contribution >= 0.6 is 0 Å². The van der Waals surface area contributed by atoms with Gasteiger partial charge in [0.2, 0.25) is 0 Å². The van der Waals surface area contributed by atoms with Crippen LogP contribution in [0.5, 0.6) is 5.75 Å². The normalized spacial score (nSPS) is 33.1. The molecule has 4 unspecified atom stereocenters. The maximum absolute atomic E-state index is 12.7. The van der Waals surface area contributed by atoms with Gasteiger partial charge in [-0.05, 0) is 44.7 Å². The molecule has 1 saturated heterocycles. The van der Waals surface area contributed by atoms with Crippen molar-refractivity contribution < 1.29 is 14.3 Å². The molecule has 1 aliphatic carbocycles. The third-order valence-electron chi connectivity index (χ3n) is 4.49. The van der Waals surface area contributed by atoms with Crippen molar-refractivity contribution in [2.24, 2.45) is 11.8 Å². The van der Waals surface area contributed by atoms with E-state index in [0.717, 1.165) is 24.2 Å². The van der Waals surface area contributed by atoms with E-state index in [4.69, 9.17) is 9.47 Å². The van der Waals surface area contributed by atoms with Gasteiger partial charge in [0, 0.05) is 5.56 Å². The Labute approximate surface area is 120 Å². The van der Waals surface area contributed by atoms with Gasteiger partial charge in [-0.3, -0.25) is 4.79 Å². The van der Waals surface area contributed by atoms with Gasteiger partial charge in [0.1, 0.15) is 5.75 Å². The highest BCUT2D eigenvalue weighted by Gasteiger charge is 2.41. The summed E-state index contributed by atoms with van der Waals surface area (Å²) < 4.78 is 11.6. The first-order valence-corrected chi connectivity index (χ1v) is 7.52. The largest absolute Gasteiger partial charge is 0.490 e. The molecule has 2 aliphatic rings.